The van der Waals surface area contributed by atoms with Gasteiger partial charge in [-0.05, 0) is 37.5 Å². The molecule has 0 aliphatic heterocycles. The Labute approximate surface area is 105 Å². The molecular weight excluding hydrogens is 212 g/mol. The van der Waals surface area contributed by atoms with Gasteiger partial charge in [0.15, 0.2) is 0 Å². The van der Waals surface area contributed by atoms with Crippen LogP contribution >= 0.6 is 0 Å². The van der Waals surface area contributed by atoms with Crippen LogP contribution in [0.25, 0.3) is 0 Å². The van der Waals surface area contributed by atoms with Gasteiger partial charge in [0.05, 0.1) is 12.2 Å². The van der Waals surface area contributed by atoms with Crippen molar-refractivity contribution in [2.45, 2.75) is 58.7 Å². The molecule has 2 aliphatic carbocycles. The van der Waals surface area contributed by atoms with Crippen LogP contribution in [0.1, 0.15) is 46.5 Å². The van der Waals surface area contributed by atoms with Crippen LogP contribution in [-0.2, 0) is 0 Å². The van der Waals surface area contributed by atoms with E-state index in [1.165, 1.54) is 0 Å². The van der Waals surface area contributed by atoms with E-state index in [-0.39, 0.29) is 23.5 Å². The van der Waals surface area contributed by atoms with E-state index in [1.807, 2.05) is 0 Å². The van der Waals surface area contributed by atoms with Crippen molar-refractivity contribution >= 4 is 0 Å². The van der Waals surface area contributed by atoms with Crippen molar-refractivity contribution < 1.29 is 10.2 Å². The first-order valence-corrected chi connectivity index (χ1v) is 6.91. The summed E-state index contributed by atoms with van der Waals surface area (Å²) in [6.45, 7) is 10.6. The van der Waals surface area contributed by atoms with Crippen molar-refractivity contribution in [2.75, 3.05) is 0 Å². The van der Waals surface area contributed by atoms with Crippen LogP contribution < -0.4 is 0 Å². The van der Waals surface area contributed by atoms with Crippen LogP contribution in [0.4, 0.5) is 0 Å². The van der Waals surface area contributed by atoms with E-state index in [0.29, 0.717) is 11.8 Å². The SMILES string of the molecule is C=C1CCC(O)[C@]2(C)CC[C@@H](C(C)C)C(O)[C@@H]12. The van der Waals surface area contributed by atoms with E-state index in [2.05, 4.69) is 27.4 Å². The summed E-state index contributed by atoms with van der Waals surface area (Å²) >= 11 is 0. The average molecular weight is 238 g/mol. The summed E-state index contributed by atoms with van der Waals surface area (Å²) in [5, 5.41) is 20.9. The number of hydrogen-bond acceptors (Lipinski definition) is 2. The van der Waals surface area contributed by atoms with Gasteiger partial charge < -0.3 is 10.2 Å². The predicted octanol–water partition coefficient (Wildman–Crippen LogP) is 2.75. The molecule has 0 radical (unpaired) electrons. The van der Waals surface area contributed by atoms with Crippen LogP contribution in [0.15, 0.2) is 12.2 Å². The fraction of sp³-hybridized carbons (Fsp3) is 0.867. The number of aliphatic hydroxyl groups is 2. The zero-order valence-electron chi connectivity index (χ0n) is 11.3. The van der Waals surface area contributed by atoms with Crippen molar-refractivity contribution in [2.24, 2.45) is 23.2 Å². The number of rotatable bonds is 1. The molecule has 0 bridgehead atoms. The molecule has 2 saturated carbocycles. The predicted molar refractivity (Wildman–Crippen MR) is 69.5 cm³/mol. The zero-order valence-corrected chi connectivity index (χ0v) is 11.3. The third-order valence-electron chi connectivity index (χ3n) is 5.30. The van der Waals surface area contributed by atoms with E-state index in [4.69, 9.17) is 0 Å². The largest absolute Gasteiger partial charge is 0.393 e. The van der Waals surface area contributed by atoms with Gasteiger partial charge in [0.1, 0.15) is 0 Å². The third-order valence-corrected chi connectivity index (χ3v) is 5.30. The zero-order chi connectivity index (χ0) is 12.8. The summed E-state index contributed by atoms with van der Waals surface area (Å²) in [5.41, 5.74) is 0.996. The molecule has 0 aromatic rings. The van der Waals surface area contributed by atoms with E-state index in [0.717, 1.165) is 31.3 Å². The Kier molecular flexibility index (Phi) is 3.39. The summed E-state index contributed by atoms with van der Waals surface area (Å²) < 4.78 is 0. The second-order valence-corrected chi connectivity index (χ2v) is 6.63. The minimum Gasteiger partial charge on any atom is -0.393 e. The lowest BCUT2D eigenvalue weighted by atomic mass is 9.53. The minimum absolute atomic E-state index is 0.0902. The number of hydrogen-bond donors (Lipinski definition) is 2. The van der Waals surface area contributed by atoms with Crippen molar-refractivity contribution in [3.05, 3.63) is 12.2 Å². The molecule has 0 heterocycles. The highest BCUT2D eigenvalue weighted by Gasteiger charge is 2.52. The molecule has 5 atom stereocenters. The van der Waals surface area contributed by atoms with Gasteiger partial charge in [-0.25, -0.2) is 0 Å². The molecule has 2 fully saturated rings. The molecule has 0 spiro atoms. The lowest BCUT2D eigenvalue weighted by molar-refractivity contribution is -0.120. The third kappa shape index (κ3) is 1.96. The Hall–Kier alpha value is -0.340. The molecule has 2 rings (SSSR count). The molecule has 0 amide bonds. The Morgan fingerprint density at radius 1 is 1.29 bits per heavy atom. The highest BCUT2D eigenvalue weighted by molar-refractivity contribution is 5.17. The molecule has 2 heteroatoms. The monoisotopic (exact) mass is 238 g/mol. The van der Waals surface area contributed by atoms with Crippen molar-refractivity contribution in [1.82, 2.24) is 0 Å². The maximum atomic E-state index is 10.6. The Balaban J connectivity index is 2.29. The molecule has 2 N–H and O–H groups in total. The summed E-state index contributed by atoms with van der Waals surface area (Å²) in [6.07, 6.45) is 3.11. The molecule has 2 aliphatic rings. The lowest BCUT2D eigenvalue weighted by Crippen LogP contribution is -2.54. The molecule has 17 heavy (non-hydrogen) atoms. The van der Waals surface area contributed by atoms with E-state index >= 15 is 0 Å². The highest BCUT2D eigenvalue weighted by Crippen LogP contribution is 2.54. The van der Waals surface area contributed by atoms with Gasteiger partial charge in [0.2, 0.25) is 0 Å². The summed E-state index contributed by atoms with van der Waals surface area (Å²) in [6, 6.07) is 0. The standard InChI is InChI=1S/C15H26O2/c1-9(2)11-7-8-15(4)12(16)6-5-10(3)13(15)14(11)17/h9,11-14,16-17H,3,5-8H2,1-2,4H3/t11-,12?,13+,14?,15-/m0/s1. The number of aliphatic hydroxyl groups excluding tert-OH is 2. The van der Waals surface area contributed by atoms with Gasteiger partial charge >= 0.3 is 0 Å². The van der Waals surface area contributed by atoms with E-state index < -0.39 is 0 Å². The second kappa shape index (κ2) is 4.40. The first kappa shape index (κ1) is 13.1. The molecule has 2 unspecified atom stereocenters. The summed E-state index contributed by atoms with van der Waals surface area (Å²) in [5.74, 6) is 0.948. The maximum absolute atomic E-state index is 10.6. The molecule has 0 aromatic carbocycles. The second-order valence-electron chi connectivity index (χ2n) is 6.63. The van der Waals surface area contributed by atoms with Crippen molar-refractivity contribution in [1.29, 1.82) is 0 Å². The minimum atomic E-state index is -0.323. The van der Waals surface area contributed by atoms with Crippen molar-refractivity contribution in [3.8, 4) is 0 Å². The van der Waals surface area contributed by atoms with Crippen LogP contribution in [0, 0.1) is 23.2 Å². The van der Waals surface area contributed by atoms with Gasteiger partial charge in [0.25, 0.3) is 0 Å². The molecular formula is C15H26O2. The summed E-state index contributed by atoms with van der Waals surface area (Å²) in [7, 11) is 0. The Morgan fingerprint density at radius 3 is 2.53 bits per heavy atom. The van der Waals surface area contributed by atoms with Gasteiger partial charge in [0, 0.05) is 11.3 Å². The van der Waals surface area contributed by atoms with Gasteiger partial charge in [-0.15, -0.1) is 0 Å². The Morgan fingerprint density at radius 2 is 1.94 bits per heavy atom. The van der Waals surface area contributed by atoms with Gasteiger partial charge in [-0.1, -0.05) is 32.9 Å². The van der Waals surface area contributed by atoms with Crippen molar-refractivity contribution in [3.63, 3.8) is 0 Å². The van der Waals surface area contributed by atoms with Crippen LogP contribution in [0.2, 0.25) is 0 Å². The van der Waals surface area contributed by atoms with Gasteiger partial charge in [-0.2, -0.15) is 0 Å². The topological polar surface area (TPSA) is 40.5 Å². The fourth-order valence-electron chi connectivity index (χ4n) is 4.06. The quantitative estimate of drug-likeness (QED) is 0.690. The first-order valence-electron chi connectivity index (χ1n) is 6.91. The highest BCUT2D eigenvalue weighted by atomic mass is 16.3. The normalized spacial score (nSPS) is 47.1. The molecule has 98 valence electrons. The fourth-order valence-corrected chi connectivity index (χ4v) is 4.06. The number of fused-ring (bicyclic) bond motifs is 1. The van der Waals surface area contributed by atoms with E-state index in [1.54, 1.807) is 0 Å². The molecule has 2 nitrogen and oxygen atoms in total. The smallest absolute Gasteiger partial charge is 0.0642 e. The maximum Gasteiger partial charge on any atom is 0.0642 e. The van der Waals surface area contributed by atoms with Crippen LogP contribution in [0.3, 0.4) is 0 Å². The lowest BCUT2D eigenvalue weighted by Gasteiger charge is -2.54. The first-order chi connectivity index (χ1) is 7.88. The van der Waals surface area contributed by atoms with E-state index in [9.17, 15) is 10.2 Å². The summed E-state index contributed by atoms with van der Waals surface area (Å²) in [4.78, 5) is 0. The Bertz CT molecular complexity index is 310. The molecule has 0 saturated heterocycles. The van der Waals surface area contributed by atoms with Crippen LogP contribution in [0.5, 0.6) is 0 Å². The van der Waals surface area contributed by atoms with Gasteiger partial charge in [-0.3, -0.25) is 0 Å². The molecule has 0 aromatic heterocycles. The van der Waals surface area contributed by atoms with Crippen LogP contribution in [-0.4, -0.2) is 22.4 Å². The average Bonchev–Trinajstić information content (AvgIpc) is 2.23.